The van der Waals surface area contributed by atoms with Gasteiger partial charge in [-0.05, 0) is 48.9 Å². The van der Waals surface area contributed by atoms with Gasteiger partial charge >= 0.3 is 6.18 Å². The fourth-order valence-corrected chi connectivity index (χ4v) is 4.53. The Kier molecular flexibility index (Phi) is 5.52. The third-order valence-electron chi connectivity index (χ3n) is 4.94. The van der Waals surface area contributed by atoms with Crippen molar-refractivity contribution < 1.29 is 26.3 Å². The van der Waals surface area contributed by atoms with E-state index in [0.29, 0.717) is 17.0 Å². The lowest BCUT2D eigenvalue weighted by molar-refractivity contribution is -0.137. The maximum atomic E-state index is 12.8. The number of benzene rings is 2. The summed E-state index contributed by atoms with van der Waals surface area (Å²) in [5.41, 5.74) is 0.212. The molecule has 2 heterocycles. The van der Waals surface area contributed by atoms with E-state index in [9.17, 15) is 21.6 Å². The molecule has 1 aliphatic rings. The number of imidazole rings is 1. The highest BCUT2D eigenvalue weighted by Gasteiger charge is 2.30. The van der Waals surface area contributed by atoms with Crippen molar-refractivity contribution in [2.45, 2.75) is 37.4 Å². The second-order valence-corrected chi connectivity index (χ2v) is 8.89. The Morgan fingerprint density at radius 1 is 1.16 bits per heavy atom. The first-order chi connectivity index (χ1) is 14.7. The van der Waals surface area contributed by atoms with Crippen molar-refractivity contribution in [2.24, 2.45) is 0 Å². The third kappa shape index (κ3) is 4.45. The van der Waals surface area contributed by atoms with E-state index in [-0.39, 0.29) is 17.2 Å². The summed E-state index contributed by atoms with van der Waals surface area (Å²) >= 11 is 0. The minimum atomic E-state index is -4.44. The molecule has 164 valence electrons. The predicted molar refractivity (Wildman–Crippen MR) is 108 cm³/mol. The van der Waals surface area contributed by atoms with Gasteiger partial charge in [0.2, 0.25) is 10.0 Å². The lowest BCUT2D eigenvalue weighted by atomic mass is 10.1. The van der Waals surface area contributed by atoms with Gasteiger partial charge in [0.05, 0.1) is 16.2 Å². The summed E-state index contributed by atoms with van der Waals surface area (Å²) in [6, 6.07) is 8.67. The van der Waals surface area contributed by atoms with Crippen LogP contribution in [-0.2, 0) is 29.2 Å². The molecule has 0 radical (unpaired) electrons. The van der Waals surface area contributed by atoms with Gasteiger partial charge < -0.3 is 9.30 Å². The molecule has 0 saturated carbocycles. The van der Waals surface area contributed by atoms with Crippen LogP contribution >= 0.6 is 0 Å². The summed E-state index contributed by atoms with van der Waals surface area (Å²) in [6.07, 6.45) is -0.791. The first-order valence-corrected chi connectivity index (χ1v) is 11.2. The van der Waals surface area contributed by atoms with Crippen molar-refractivity contribution >= 4 is 10.0 Å². The molecular weight excluding hydrogens is 431 g/mol. The number of fused-ring (bicyclic) bond motifs is 1. The van der Waals surface area contributed by atoms with Gasteiger partial charge in [0.15, 0.2) is 0 Å². The molecule has 0 fully saturated rings. The molecule has 6 nitrogen and oxygen atoms in total. The maximum absolute atomic E-state index is 12.8. The molecule has 1 aliphatic heterocycles. The molecule has 1 N–H and O–H groups in total. The molecule has 0 spiro atoms. The number of alkyl halides is 3. The van der Waals surface area contributed by atoms with E-state index < -0.39 is 21.8 Å². The number of ether oxygens (including phenoxy) is 1. The van der Waals surface area contributed by atoms with Crippen molar-refractivity contribution in [1.29, 1.82) is 0 Å². The first-order valence-electron chi connectivity index (χ1n) is 9.72. The molecule has 0 bridgehead atoms. The molecule has 0 atom stereocenters. The van der Waals surface area contributed by atoms with Gasteiger partial charge in [-0.3, -0.25) is 0 Å². The van der Waals surface area contributed by atoms with E-state index in [1.165, 1.54) is 30.3 Å². The van der Waals surface area contributed by atoms with Crippen LogP contribution in [0.25, 0.3) is 11.3 Å². The normalized spacial score (nSPS) is 13.9. The molecule has 1 aromatic heterocycles. The van der Waals surface area contributed by atoms with Gasteiger partial charge in [0.25, 0.3) is 0 Å². The molecular formula is C21H20F3N3O3S. The fourth-order valence-electron chi connectivity index (χ4n) is 3.46. The number of aromatic nitrogens is 2. The summed E-state index contributed by atoms with van der Waals surface area (Å²) in [4.78, 5) is 4.65. The smallest absolute Gasteiger partial charge is 0.416 e. The summed E-state index contributed by atoms with van der Waals surface area (Å²) in [5, 5.41) is 0. The van der Waals surface area contributed by atoms with Gasteiger partial charge in [-0.25, -0.2) is 18.1 Å². The van der Waals surface area contributed by atoms with Crippen molar-refractivity contribution in [3.63, 3.8) is 0 Å². The highest BCUT2D eigenvalue weighted by atomic mass is 32.2. The molecule has 3 aromatic rings. The molecule has 2 aromatic carbocycles. The number of sulfonamides is 1. The van der Waals surface area contributed by atoms with Crippen molar-refractivity contribution in [1.82, 2.24) is 14.3 Å². The van der Waals surface area contributed by atoms with Gasteiger partial charge in [-0.15, -0.1) is 0 Å². The zero-order valence-corrected chi connectivity index (χ0v) is 17.4. The van der Waals surface area contributed by atoms with Crippen LogP contribution in [0.5, 0.6) is 11.5 Å². The van der Waals surface area contributed by atoms with E-state index >= 15 is 0 Å². The van der Waals surface area contributed by atoms with Crippen LogP contribution in [0, 0.1) is 0 Å². The molecule has 0 amide bonds. The zero-order chi connectivity index (χ0) is 22.2. The SMILES string of the molecule is CCNS(=O)(=O)c1ccc(Oc2ccc(C(F)(F)F)cc2)c(-c2cn3c(n2)CCC3)c1. The number of hydrogen-bond acceptors (Lipinski definition) is 4. The quantitative estimate of drug-likeness (QED) is 0.594. The molecule has 4 rings (SSSR count). The van der Waals surface area contributed by atoms with Gasteiger partial charge in [-0.1, -0.05) is 6.92 Å². The largest absolute Gasteiger partial charge is 0.457 e. The fraction of sp³-hybridized carbons (Fsp3) is 0.286. The number of hydrogen-bond donors (Lipinski definition) is 1. The topological polar surface area (TPSA) is 73.2 Å². The van der Waals surface area contributed by atoms with Crippen LogP contribution in [0.2, 0.25) is 0 Å². The highest BCUT2D eigenvalue weighted by molar-refractivity contribution is 7.89. The lowest BCUT2D eigenvalue weighted by Crippen LogP contribution is -2.23. The van der Waals surface area contributed by atoms with Crippen LogP contribution in [0.3, 0.4) is 0 Å². The first kappa shape index (κ1) is 21.4. The Balaban J connectivity index is 1.74. The van der Waals surface area contributed by atoms with E-state index in [0.717, 1.165) is 37.3 Å². The summed E-state index contributed by atoms with van der Waals surface area (Å²) in [7, 11) is -3.71. The molecule has 0 aliphatic carbocycles. The minimum Gasteiger partial charge on any atom is -0.457 e. The number of aryl methyl sites for hydroxylation is 2. The average Bonchev–Trinajstić information content (AvgIpc) is 3.30. The van der Waals surface area contributed by atoms with Crippen molar-refractivity contribution in [2.75, 3.05) is 6.54 Å². The number of nitrogens with one attached hydrogen (secondary N) is 1. The van der Waals surface area contributed by atoms with Crippen molar-refractivity contribution in [3.8, 4) is 22.8 Å². The van der Waals surface area contributed by atoms with E-state index in [4.69, 9.17) is 4.74 Å². The number of halogens is 3. The monoisotopic (exact) mass is 451 g/mol. The predicted octanol–water partition coefficient (Wildman–Crippen LogP) is 4.61. The van der Waals surface area contributed by atoms with Crippen molar-refractivity contribution in [3.05, 3.63) is 60.0 Å². The van der Waals surface area contributed by atoms with Crippen LogP contribution < -0.4 is 9.46 Å². The summed E-state index contributed by atoms with van der Waals surface area (Å²) in [5.74, 6) is 1.39. The Labute approximate surface area is 177 Å². The van der Waals surface area contributed by atoms with Crippen LogP contribution in [0.1, 0.15) is 24.7 Å². The van der Waals surface area contributed by atoms with Gasteiger partial charge in [-0.2, -0.15) is 13.2 Å². The second kappa shape index (κ2) is 8.01. The Hall–Kier alpha value is -2.85. The van der Waals surface area contributed by atoms with E-state index in [1.807, 2.05) is 10.8 Å². The Morgan fingerprint density at radius 2 is 1.90 bits per heavy atom. The van der Waals surface area contributed by atoms with Crippen LogP contribution in [-0.4, -0.2) is 24.5 Å². The lowest BCUT2D eigenvalue weighted by Gasteiger charge is -2.13. The minimum absolute atomic E-state index is 0.0530. The van der Waals surface area contributed by atoms with Crippen LogP contribution in [0.15, 0.2) is 53.6 Å². The number of nitrogens with zero attached hydrogens (tertiary/aromatic N) is 2. The Bertz CT molecular complexity index is 1180. The standard InChI is InChI=1S/C21H20F3N3O3S/c1-2-25-31(28,29)16-9-10-19(30-15-7-5-14(6-8-15)21(22,23)24)17(12-16)18-13-27-11-3-4-20(27)26-18/h5-10,12-13,25H,2-4,11H2,1H3. The average molecular weight is 451 g/mol. The molecule has 0 saturated heterocycles. The molecule has 0 unspecified atom stereocenters. The summed E-state index contributed by atoms with van der Waals surface area (Å²) in [6.45, 7) is 2.74. The molecule has 10 heteroatoms. The van der Waals surface area contributed by atoms with Gasteiger partial charge in [0.1, 0.15) is 17.3 Å². The summed E-state index contributed by atoms with van der Waals surface area (Å²) < 4.78 is 73.7. The van der Waals surface area contributed by atoms with E-state index in [2.05, 4.69) is 9.71 Å². The van der Waals surface area contributed by atoms with E-state index in [1.54, 1.807) is 6.92 Å². The number of rotatable bonds is 6. The third-order valence-corrected chi connectivity index (χ3v) is 6.48. The maximum Gasteiger partial charge on any atom is 0.416 e. The van der Waals surface area contributed by atoms with Crippen LogP contribution in [0.4, 0.5) is 13.2 Å². The zero-order valence-electron chi connectivity index (χ0n) is 16.6. The Morgan fingerprint density at radius 3 is 2.55 bits per heavy atom. The van der Waals surface area contributed by atoms with Gasteiger partial charge in [0, 0.05) is 31.3 Å². The molecule has 31 heavy (non-hydrogen) atoms. The second-order valence-electron chi connectivity index (χ2n) is 7.12. The highest BCUT2D eigenvalue weighted by Crippen LogP contribution is 2.37.